The van der Waals surface area contributed by atoms with Crippen molar-refractivity contribution in [1.29, 1.82) is 0 Å². The van der Waals surface area contributed by atoms with Crippen molar-refractivity contribution in [2.24, 2.45) is 5.92 Å². The van der Waals surface area contributed by atoms with E-state index >= 15 is 0 Å². The first-order valence-electron chi connectivity index (χ1n) is 10.1. The first-order chi connectivity index (χ1) is 14.2. The predicted molar refractivity (Wildman–Crippen MR) is 117 cm³/mol. The topological polar surface area (TPSA) is 69.7 Å². The molecule has 1 amide bonds. The van der Waals surface area contributed by atoms with E-state index in [1.807, 2.05) is 12.1 Å². The molecule has 0 aromatic heterocycles. The monoisotopic (exact) mass is 433 g/mol. The van der Waals surface area contributed by atoms with Crippen molar-refractivity contribution < 1.29 is 17.6 Å². The summed E-state index contributed by atoms with van der Waals surface area (Å²) in [6.45, 7) is 4.25. The lowest BCUT2D eigenvalue weighted by molar-refractivity contribution is -0.119. The van der Waals surface area contributed by atoms with Gasteiger partial charge in [-0.2, -0.15) is 0 Å². The number of carbonyl (C=O) groups excluding carboxylic acids is 1. The molecule has 0 bridgehead atoms. The second kappa shape index (κ2) is 9.47. The minimum absolute atomic E-state index is 0.118. The molecular weight excluding hydrogens is 405 g/mol. The predicted octanol–water partition coefficient (Wildman–Crippen LogP) is 3.14. The maximum atomic E-state index is 13.5. The van der Waals surface area contributed by atoms with E-state index in [2.05, 4.69) is 29.3 Å². The highest BCUT2D eigenvalue weighted by Gasteiger charge is 2.21. The average Bonchev–Trinajstić information content (AvgIpc) is 2.70. The second-order valence-electron chi connectivity index (χ2n) is 7.89. The highest BCUT2D eigenvalue weighted by atomic mass is 32.2. The number of hydrogen-bond donors (Lipinski definition) is 1. The van der Waals surface area contributed by atoms with Crippen molar-refractivity contribution in [1.82, 2.24) is 5.32 Å². The molecule has 0 radical (unpaired) electrons. The van der Waals surface area contributed by atoms with Crippen LogP contribution in [0.4, 0.5) is 15.8 Å². The number of rotatable bonds is 7. The van der Waals surface area contributed by atoms with Crippen LogP contribution >= 0.6 is 0 Å². The summed E-state index contributed by atoms with van der Waals surface area (Å²) in [7, 11) is -3.74. The molecule has 162 valence electrons. The highest BCUT2D eigenvalue weighted by Crippen LogP contribution is 2.23. The van der Waals surface area contributed by atoms with E-state index < -0.39 is 28.3 Å². The molecule has 3 rings (SSSR count). The molecule has 1 atom stereocenters. The van der Waals surface area contributed by atoms with Crippen LogP contribution in [0.5, 0.6) is 0 Å². The maximum absolute atomic E-state index is 13.5. The maximum Gasteiger partial charge on any atom is 0.241 e. The van der Waals surface area contributed by atoms with Gasteiger partial charge in [0.2, 0.25) is 15.9 Å². The van der Waals surface area contributed by atoms with Crippen LogP contribution < -0.4 is 14.5 Å². The van der Waals surface area contributed by atoms with Crippen LogP contribution in [0.15, 0.2) is 48.5 Å². The molecule has 0 spiro atoms. The molecule has 1 N–H and O–H groups in total. The Morgan fingerprint density at radius 3 is 2.60 bits per heavy atom. The minimum Gasteiger partial charge on any atom is -0.371 e. The van der Waals surface area contributed by atoms with Crippen LogP contribution in [0.2, 0.25) is 0 Å². The van der Waals surface area contributed by atoms with Crippen molar-refractivity contribution in [3.8, 4) is 0 Å². The summed E-state index contributed by atoms with van der Waals surface area (Å²) in [4.78, 5) is 14.7. The van der Waals surface area contributed by atoms with Crippen molar-refractivity contribution in [3.05, 3.63) is 59.9 Å². The van der Waals surface area contributed by atoms with E-state index in [1.165, 1.54) is 36.7 Å². The first kappa shape index (κ1) is 22.1. The van der Waals surface area contributed by atoms with Crippen molar-refractivity contribution >= 4 is 27.3 Å². The summed E-state index contributed by atoms with van der Waals surface area (Å²) < 4.78 is 38.5. The lowest BCUT2D eigenvalue weighted by atomic mass is 9.99. The Morgan fingerprint density at radius 1 is 1.23 bits per heavy atom. The number of nitrogens with zero attached hydrogens (tertiary/aromatic N) is 2. The van der Waals surface area contributed by atoms with E-state index in [1.54, 1.807) is 0 Å². The van der Waals surface area contributed by atoms with Crippen LogP contribution in [-0.4, -0.2) is 40.2 Å². The Bertz CT molecular complexity index is 979. The third-order valence-electron chi connectivity index (χ3n) is 5.23. The number of amides is 1. The molecule has 1 saturated heterocycles. The zero-order valence-electron chi connectivity index (χ0n) is 17.3. The van der Waals surface area contributed by atoms with E-state index in [-0.39, 0.29) is 12.2 Å². The number of anilines is 2. The van der Waals surface area contributed by atoms with Gasteiger partial charge in [0.05, 0.1) is 11.9 Å². The van der Waals surface area contributed by atoms with Gasteiger partial charge < -0.3 is 10.2 Å². The highest BCUT2D eigenvalue weighted by molar-refractivity contribution is 7.92. The molecule has 0 saturated carbocycles. The minimum atomic E-state index is -3.74. The molecule has 1 heterocycles. The molecule has 1 fully saturated rings. The standard InChI is InChI=1S/C22H28FN3O3S/c1-17-5-4-12-25(15-17)20-10-8-18(9-11-20)14-24-22(27)16-26(30(2,28)29)21-7-3-6-19(23)13-21/h3,6-11,13,17H,4-5,12,14-16H2,1-2H3,(H,24,27). The van der Waals surface area contributed by atoms with Gasteiger partial charge in [0.15, 0.2) is 0 Å². The summed E-state index contributed by atoms with van der Waals surface area (Å²) in [5.74, 6) is -0.336. The first-order valence-corrected chi connectivity index (χ1v) is 11.9. The number of nitrogens with one attached hydrogen (secondary N) is 1. The number of hydrogen-bond acceptors (Lipinski definition) is 4. The molecule has 1 aliphatic heterocycles. The number of piperidine rings is 1. The van der Waals surface area contributed by atoms with Gasteiger partial charge in [-0.1, -0.05) is 25.1 Å². The van der Waals surface area contributed by atoms with E-state index in [9.17, 15) is 17.6 Å². The van der Waals surface area contributed by atoms with Gasteiger partial charge in [0.25, 0.3) is 0 Å². The molecule has 30 heavy (non-hydrogen) atoms. The Hall–Kier alpha value is -2.61. The van der Waals surface area contributed by atoms with Gasteiger partial charge in [0, 0.05) is 25.3 Å². The van der Waals surface area contributed by atoms with Crippen LogP contribution in [0.1, 0.15) is 25.3 Å². The number of sulfonamides is 1. The number of halogens is 1. The van der Waals surface area contributed by atoms with Gasteiger partial charge in [-0.15, -0.1) is 0 Å². The number of benzene rings is 2. The van der Waals surface area contributed by atoms with Gasteiger partial charge in [-0.25, -0.2) is 12.8 Å². The third kappa shape index (κ3) is 5.95. The summed E-state index contributed by atoms with van der Waals surface area (Å²) in [6, 6.07) is 13.2. The largest absolute Gasteiger partial charge is 0.371 e. The molecule has 2 aromatic rings. The molecule has 1 unspecified atom stereocenters. The van der Waals surface area contributed by atoms with Crippen molar-refractivity contribution in [2.75, 3.05) is 35.1 Å². The Kier molecular flexibility index (Phi) is 6.97. The quantitative estimate of drug-likeness (QED) is 0.728. The lowest BCUT2D eigenvalue weighted by Crippen LogP contribution is -2.40. The molecular formula is C22H28FN3O3S. The van der Waals surface area contributed by atoms with Crippen LogP contribution in [0.25, 0.3) is 0 Å². The van der Waals surface area contributed by atoms with Crippen LogP contribution in [0, 0.1) is 11.7 Å². The smallest absolute Gasteiger partial charge is 0.241 e. The average molecular weight is 434 g/mol. The fourth-order valence-electron chi connectivity index (χ4n) is 3.67. The second-order valence-corrected chi connectivity index (χ2v) is 9.79. The van der Waals surface area contributed by atoms with Gasteiger partial charge >= 0.3 is 0 Å². The fourth-order valence-corrected chi connectivity index (χ4v) is 4.52. The Balaban J connectivity index is 1.59. The van der Waals surface area contributed by atoms with Gasteiger partial charge in [-0.3, -0.25) is 9.10 Å². The summed E-state index contributed by atoms with van der Waals surface area (Å²) in [6.07, 6.45) is 3.45. The molecule has 0 aliphatic carbocycles. The fraction of sp³-hybridized carbons (Fsp3) is 0.409. The van der Waals surface area contributed by atoms with Gasteiger partial charge in [-0.05, 0) is 54.7 Å². The summed E-state index contributed by atoms with van der Waals surface area (Å²) in [5, 5.41) is 2.74. The van der Waals surface area contributed by atoms with Crippen molar-refractivity contribution in [3.63, 3.8) is 0 Å². The lowest BCUT2D eigenvalue weighted by Gasteiger charge is -2.32. The Morgan fingerprint density at radius 2 is 1.97 bits per heavy atom. The molecule has 2 aromatic carbocycles. The van der Waals surface area contributed by atoms with Crippen molar-refractivity contribution in [2.45, 2.75) is 26.3 Å². The molecule has 1 aliphatic rings. The van der Waals surface area contributed by atoms with Crippen LogP contribution in [0.3, 0.4) is 0 Å². The van der Waals surface area contributed by atoms with Crippen LogP contribution in [-0.2, 0) is 21.4 Å². The zero-order chi connectivity index (χ0) is 21.7. The zero-order valence-corrected chi connectivity index (χ0v) is 18.2. The van der Waals surface area contributed by atoms with Gasteiger partial charge in [0.1, 0.15) is 12.4 Å². The number of carbonyl (C=O) groups is 1. The van der Waals surface area contributed by atoms with E-state index in [0.29, 0.717) is 5.92 Å². The Labute approximate surface area is 177 Å². The SMILES string of the molecule is CC1CCCN(c2ccc(CNC(=O)CN(c3cccc(F)c3)S(C)(=O)=O)cc2)C1. The molecule has 8 heteroatoms. The van der Waals surface area contributed by atoms with E-state index in [4.69, 9.17) is 0 Å². The molecule has 6 nitrogen and oxygen atoms in total. The summed E-state index contributed by atoms with van der Waals surface area (Å²) >= 11 is 0. The normalized spacial score (nSPS) is 16.9. The third-order valence-corrected chi connectivity index (χ3v) is 6.37. The van der Waals surface area contributed by atoms with E-state index in [0.717, 1.165) is 35.3 Å². The summed E-state index contributed by atoms with van der Waals surface area (Å²) in [5.41, 5.74) is 2.22.